The van der Waals surface area contributed by atoms with Crippen LogP contribution in [0.5, 0.6) is 0 Å². The number of hydrogen-bond acceptors (Lipinski definition) is 1. The van der Waals surface area contributed by atoms with Crippen molar-refractivity contribution in [2.75, 3.05) is 4.90 Å². The van der Waals surface area contributed by atoms with Crippen LogP contribution in [0.1, 0.15) is 30.4 Å². The summed E-state index contributed by atoms with van der Waals surface area (Å²) in [6.45, 7) is 4.45. The molecule has 11 rings (SSSR count). The molecule has 0 amide bonds. The quantitative estimate of drug-likeness (QED) is 0.196. The number of aromatic amines is 1. The Morgan fingerprint density at radius 1 is 0.585 bits per heavy atom. The number of aryl methyl sites for hydroxylation is 2. The number of H-pyrrole nitrogens is 1. The third kappa shape index (κ3) is 4.73. The van der Waals surface area contributed by atoms with E-state index in [0.717, 1.165) is 30.3 Å². The van der Waals surface area contributed by atoms with Crippen LogP contribution in [-0.2, 0) is 0 Å². The molecular formula is C50H39N3. The Kier molecular flexibility index (Phi) is 6.63. The number of anilines is 1. The van der Waals surface area contributed by atoms with Gasteiger partial charge in [-0.3, -0.25) is 0 Å². The molecule has 1 atom stereocenters. The first-order valence-corrected chi connectivity index (χ1v) is 18.9. The zero-order chi connectivity index (χ0) is 35.2. The van der Waals surface area contributed by atoms with Gasteiger partial charge in [-0.15, -0.1) is 0 Å². The van der Waals surface area contributed by atoms with E-state index < -0.39 is 0 Å². The average molecular weight is 682 g/mol. The molecule has 1 N–H and O–H groups in total. The van der Waals surface area contributed by atoms with Crippen LogP contribution < -0.4 is 4.90 Å². The summed E-state index contributed by atoms with van der Waals surface area (Å²) in [5.41, 5.74) is 19.1. The van der Waals surface area contributed by atoms with Crippen LogP contribution in [0.15, 0.2) is 169 Å². The fraction of sp³-hybridized carbons (Fsp3) is 0.120. The summed E-state index contributed by atoms with van der Waals surface area (Å²) < 4.78 is 2.42. The Hall–Kier alpha value is -6.32. The van der Waals surface area contributed by atoms with E-state index in [1.807, 2.05) is 0 Å². The van der Waals surface area contributed by atoms with Crippen LogP contribution in [0, 0.1) is 13.8 Å². The zero-order valence-corrected chi connectivity index (χ0v) is 30.0. The minimum atomic E-state index is 0.369. The summed E-state index contributed by atoms with van der Waals surface area (Å²) in [4.78, 5) is 6.35. The van der Waals surface area contributed by atoms with Crippen LogP contribution >= 0.6 is 0 Å². The predicted octanol–water partition coefficient (Wildman–Crippen LogP) is 13.0. The molecule has 53 heavy (non-hydrogen) atoms. The fourth-order valence-electron chi connectivity index (χ4n) is 9.40. The predicted molar refractivity (Wildman–Crippen MR) is 224 cm³/mol. The number of rotatable bonds is 4. The summed E-state index contributed by atoms with van der Waals surface area (Å²) in [6, 6.07) is 45.8. The van der Waals surface area contributed by atoms with Gasteiger partial charge in [-0.2, -0.15) is 0 Å². The lowest BCUT2D eigenvalue weighted by Crippen LogP contribution is -2.31. The van der Waals surface area contributed by atoms with Gasteiger partial charge >= 0.3 is 0 Å². The molecule has 0 saturated heterocycles. The minimum absolute atomic E-state index is 0.369. The van der Waals surface area contributed by atoms with Crippen molar-refractivity contribution in [3.8, 4) is 27.9 Å². The molecule has 8 aromatic rings. The van der Waals surface area contributed by atoms with E-state index in [1.54, 1.807) is 0 Å². The molecular weight excluding hydrogens is 643 g/mol. The highest BCUT2D eigenvalue weighted by Gasteiger charge is 2.36. The molecule has 0 spiro atoms. The van der Waals surface area contributed by atoms with Gasteiger partial charge in [-0.05, 0) is 138 Å². The number of hydrogen-bond donors (Lipinski definition) is 1. The first kappa shape index (κ1) is 30.3. The normalized spacial score (nSPS) is 16.7. The molecule has 0 saturated carbocycles. The van der Waals surface area contributed by atoms with Crippen molar-refractivity contribution in [1.82, 2.24) is 9.55 Å². The number of nitrogens with zero attached hydrogens (tertiary/aromatic N) is 2. The monoisotopic (exact) mass is 681 g/mol. The first-order chi connectivity index (χ1) is 26.1. The van der Waals surface area contributed by atoms with Gasteiger partial charge in [0.25, 0.3) is 0 Å². The number of allylic oxidation sites excluding steroid dienone is 5. The minimum Gasteiger partial charge on any atom is -0.355 e. The first-order valence-electron chi connectivity index (χ1n) is 18.9. The van der Waals surface area contributed by atoms with Crippen LogP contribution in [0.2, 0.25) is 0 Å². The third-order valence-corrected chi connectivity index (χ3v) is 11.7. The fourth-order valence-corrected chi connectivity index (χ4v) is 9.40. The van der Waals surface area contributed by atoms with Crippen molar-refractivity contribution in [1.29, 1.82) is 0 Å². The maximum absolute atomic E-state index is 3.71. The van der Waals surface area contributed by atoms with Crippen molar-refractivity contribution in [3.05, 3.63) is 180 Å². The van der Waals surface area contributed by atoms with E-state index in [-0.39, 0.29) is 0 Å². The Morgan fingerprint density at radius 3 is 1.89 bits per heavy atom. The lowest BCUT2D eigenvalue weighted by Gasteiger charge is -2.31. The van der Waals surface area contributed by atoms with Crippen molar-refractivity contribution < 1.29 is 0 Å². The topological polar surface area (TPSA) is 24.0 Å². The lowest BCUT2D eigenvalue weighted by atomic mass is 9.93. The van der Waals surface area contributed by atoms with E-state index in [1.165, 1.54) is 94.2 Å². The molecule has 6 aromatic carbocycles. The van der Waals surface area contributed by atoms with E-state index >= 15 is 0 Å². The standard InChI is InChI=1S/C50H39N3/c1-31-23-35(27-37(25-31)52-47-15-7-3-11-39(47)40-12-4-8-16-48(40)52)33-19-21-45-43(29-33)44-30-34(20-22-46(44)51-45)36-24-32(2)26-38(28-36)53-49-17-9-5-13-41(49)42-14-6-10-18-50(42)53/h3-9,11-16,19-30,49,51H,10,17-18H2,1-2H3. The Balaban J connectivity index is 1.01. The maximum atomic E-state index is 3.71. The molecule has 0 fully saturated rings. The highest BCUT2D eigenvalue weighted by molar-refractivity contribution is 6.11. The summed E-state index contributed by atoms with van der Waals surface area (Å²) >= 11 is 0. The second-order valence-corrected chi connectivity index (χ2v) is 15.1. The highest BCUT2D eigenvalue weighted by atomic mass is 15.2. The van der Waals surface area contributed by atoms with Gasteiger partial charge < -0.3 is 14.5 Å². The summed E-state index contributed by atoms with van der Waals surface area (Å²) in [6.07, 6.45) is 14.8. The molecule has 3 heteroatoms. The largest absolute Gasteiger partial charge is 0.355 e. The summed E-state index contributed by atoms with van der Waals surface area (Å²) in [7, 11) is 0. The molecule has 254 valence electrons. The van der Waals surface area contributed by atoms with Crippen LogP contribution in [0.3, 0.4) is 0 Å². The van der Waals surface area contributed by atoms with Crippen molar-refractivity contribution in [3.63, 3.8) is 0 Å². The average Bonchev–Trinajstić information content (AvgIpc) is 3.84. The number of nitrogens with one attached hydrogen (secondary N) is 1. The zero-order valence-electron chi connectivity index (χ0n) is 30.0. The number of benzene rings is 6. The van der Waals surface area contributed by atoms with E-state index in [0.29, 0.717) is 6.04 Å². The van der Waals surface area contributed by atoms with E-state index in [2.05, 4.69) is 180 Å². The lowest BCUT2D eigenvalue weighted by molar-refractivity contribution is 0.739. The van der Waals surface area contributed by atoms with Gasteiger partial charge in [0.1, 0.15) is 0 Å². The second-order valence-electron chi connectivity index (χ2n) is 15.1. The molecule has 0 bridgehead atoms. The van der Waals surface area contributed by atoms with Gasteiger partial charge in [-0.25, -0.2) is 0 Å². The van der Waals surface area contributed by atoms with Crippen molar-refractivity contribution >= 4 is 49.3 Å². The van der Waals surface area contributed by atoms with Gasteiger partial charge in [0, 0.05) is 49.7 Å². The molecule has 2 aromatic heterocycles. The Labute approximate surface area is 309 Å². The number of fused-ring (bicyclic) bond motifs is 8. The van der Waals surface area contributed by atoms with E-state index in [4.69, 9.17) is 0 Å². The maximum Gasteiger partial charge on any atom is 0.0629 e. The summed E-state index contributed by atoms with van der Waals surface area (Å²) in [5, 5.41) is 5.07. The van der Waals surface area contributed by atoms with Gasteiger partial charge in [0.05, 0.1) is 17.1 Å². The summed E-state index contributed by atoms with van der Waals surface area (Å²) in [5.74, 6) is 0. The van der Waals surface area contributed by atoms with Crippen molar-refractivity contribution in [2.24, 2.45) is 0 Å². The molecule has 3 nitrogen and oxygen atoms in total. The molecule has 1 aliphatic heterocycles. The number of aromatic nitrogens is 2. The molecule has 2 aliphatic carbocycles. The van der Waals surface area contributed by atoms with E-state index in [9.17, 15) is 0 Å². The van der Waals surface area contributed by atoms with Gasteiger partial charge in [0.2, 0.25) is 0 Å². The number of para-hydroxylation sites is 2. The van der Waals surface area contributed by atoms with Crippen LogP contribution in [-0.4, -0.2) is 15.6 Å². The molecule has 3 aliphatic rings. The smallest absolute Gasteiger partial charge is 0.0629 e. The molecule has 1 unspecified atom stereocenters. The van der Waals surface area contributed by atoms with Gasteiger partial charge in [-0.1, -0.05) is 91.0 Å². The van der Waals surface area contributed by atoms with Gasteiger partial charge in [0.15, 0.2) is 0 Å². The molecule has 3 heterocycles. The molecule has 0 radical (unpaired) electrons. The third-order valence-electron chi connectivity index (χ3n) is 11.7. The van der Waals surface area contributed by atoms with Crippen LogP contribution in [0.25, 0.3) is 71.6 Å². The Bertz CT molecular complexity index is 2900. The van der Waals surface area contributed by atoms with Crippen molar-refractivity contribution in [2.45, 2.75) is 39.2 Å². The SMILES string of the molecule is Cc1cc(-c2ccc3[nH]c4ccc(-c5cc(C)cc(-n6c7ccccc7c7ccccc76)c5)cc4c3c2)cc(N2C3=C(C=CCC3)C3=CC=CCC32)c1. The van der Waals surface area contributed by atoms with Crippen LogP contribution in [0.4, 0.5) is 5.69 Å². The Morgan fingerprint density at radius 2 is 1.21 bits per heavy atom. The second kappa shape index (κ2) is 11.6. The highest BCUT2D eigenvalue weighted by Crippen LogP contribution is 2.46.